The van der Waals surface area contributed by atoms with Crippen molar-refractivity contribution >= 4 is 31.8 Å². The summed E-state index contributed by atoms with van der Waals surface area (Å²) in [6.45, 7) is -2.63. The number of aromatic nitrogens is 7. The summed E-state index contributed by atoms with van der Waals surface area (Å²) in [4.78, 5) is 13.0. The van der Waals surface area contributed by atoms with Crippen LogP contribution >= 0.6 is 0 Å². The molecule has 5 heterocycles. The second kappa shape index (κ2) is 10.0. The Morgan fingerprint density at radius 2 is 1.95 bits per heavy atom. The SMILES string of the molecule is [2H]C([2H])([2H])c1nnn(C)c1-c1cnc2c3c(OC)ncc(S(C)(=O)=O)c3n(C(c3ncccc3F)C3CCC(F)(F)CC3)c2c1. The molecule has 1 aliphatic rings. The van der Waals surface area contributed by atoms with Crippen molar-refractivity contribution in [3.63, 3.8) is 0 Å². The third-order valence-electron chi connectivity index (χ3n) is 7.83. The maximum absolute atomic E-state index is 15.7. The normalized spacial score (nSPS) is 18.1. The summed E-state index contributed by atoms with van der Waals surface area (Å²) in [6, 6.07) is 3.11. The Kier molecular flexibility index (Phi) is 5.86. The molecule has 0 N–H and O–H groups in total. The molecule has 1 atom stereocenters. The topological polar surface area (TPSA) is 118 Å². The molecule has 0 saturated heterocycles. The predicted molar refractivity (Wildman–Crippen MR) is 149 cm³/mol. The first-order chi connectivity index (χ1) is 21.1. The molecule has 1 saturated carbocycles. The fraction of sp³-hybridized carbons (Fsp3) is 0.393. The minimum absolute atomic E-state index is 0.00671. The van der Waals surface area contributed by atoms with Crippen molar-refractivity contribution in [3.05, 3.63) is 54.0 Å². The monoisotopic (exact) mass is 602 g/mol. The van der Waals surface area contributed by atoms with E-state index < -0.39 is 53.2 Å². The highest BCUT2D eigenvalue weighted by atomic mass is 32.2. The summed E-state index contributed by atoms with van der Waals surface area (Å²) >= 11 is 0. The van der Waals surface area contributed by atoms with E-state index in [1.54, 1.807) is 10.6 Å². The molecule has 6 rings (SSSR count). The lowest BCUT2D eigenvalue weighted by Crippen LogP contribution is -2.31. The minimum Gasteiger partial charge on any atom is -0.480 e. The standard InChI is InChI=1S/C28H28F3N7O3S/c1-15-24(37(2)36-35-15)17-12-19-23(33-13-17)21-26(20(42(4,39)40)14-34-27(21)41-3)38(19)25(22-18(29)6-5-11-32-22)16-7-9-28(30,31)10-8-16/h5-6,11-14,16,25H,7-10H2,1-4H3/i1D3. The van der Waals surface area contributed by atoms with E-state index in [0.717, 1.165) is 12.5 Å². The smallest absolute Gasteiger partial charge is 0.248 e. The van der Waals surface area contributed by atoms with Crippen LogP contribution in [-0.4, -0.2) is 62.2 Å². The lowest BCUT2D eigenvalue weighted by atomic mass is 9.80. The quantitative estimate of drug-likeness (QED) is 0.265. The second-order valence-electron chi connectivity index (χ2n) is 10.5. The van der Waals surface area contributed by atoms with Crippen molar-refractivity contribution < 1.29 is 30.4 Å². The van der Waals surface area contributed by atoms with Crippen LogP contribution in [-0.2, 0) is 16.9 Å². The highest BCUT2D eigenvalue weighted by Crippen LogP contribution is 2.48. The van der Waals surface area contributed by atoms with E-state index in [-0.39, 0.29) is 68.2 Å². The first-order valence-electron chi connectivity index (χ1n) is 14.6. The number of nitrogens with zero attached hydrogens (tertiary/aromatic N) is 7. The molecular formula is C28H28F3N7O3S. The lowest BCUT2D eigenvalue weighted by Gasteiger charge is -2.35. The van der Waals surface area contributed by atoms with E-state index in [9.17, 15) is 17.2 Å². The van der Waals surface area contributed by atoms with Gasteiger partial charge in [0.2, 0.25) is 11.8 Å². The summed E-state index contributed by atoms with van der Waals surface area (Å²) in [6.07, 6.45) is 3.99. The summed E-state index contributed by atoms with van der Waals surface area (Å²) in [5.41, 5.74) is 0.598. The number of hydrogen-bond donors (Lipinski definition) is 0. The van der Waals surface area contributed by atoms with Crippen LogP contribution in [0.25, 0.3) is 33.2 Å². The maximum Gasteiger partial charge on any atom is 0.248 e. The average Bonchev–Trinajstić information content (AvgIpc) is 3.52. The fourth-order valence-electron chi connectivity index (χ4n) is 5.95. The number of ether oxygens (including phenoxy) is 1. The highest BCUT2D eigenvalue weighted by Gasteiger charge is 2.41. The van der Waals surface area contributed by atoms with Gasteiger partial charge in [-0.05, 0) is 43.8 Å². The van der Waals surface area contributed by atoms with Gasteiger partial charge >= 0.3 is 0 Å². The van der Waals surface area contributed by atoms with E-state index in [1.165, 1.54) is 43.4 Å². The molecular weight excluding hydrogens is 571 g/mol. The van der Waals surface area contributed by atoms with E-state index in [0.29, 0.717) is 0 Å². The predicted octanol–water partition coefficient (Wildman–Crippen LogP) is 5.05. The zero-order chi connectivity index (χ0) is 32.5. The van der Waals surface area contributed by atoms with Gasteiger partial charge in [0.05, 0.1) is 52.8 Å². The molecule has 0 spiro atoms. The van der Waals surface area contributed by atoms with Crippen molar-refractivity contribution in [2.24, 2.45) is 13.0 Å². The van der Waals surface area contributed by atoms with E-state index in [1.807, 2.05) is 0 Å². The molecule has 0 bridgehead atoms. The van der Waals surface area contributed by atoms with Crippen LogP contribution in [0, 0.1) is 18.6 Å². The molecule has 1 unspecified atom stereocenters. The number of pyridine rings is 3. The first kappa shape index (κ1) is 24.5. The van der Waals surface area contributed by atoms with Crippen LogP contribution < -0.4 is 4.74 Å². The number of rotatable bonds is 6. The van der Waals surface area contributed by atoms with Crippen molar-refractivity contribution in [1.29, 1.82) is 0 Å². The van der Waals surface area contributed by atoms with Crippen molar-refractivity contribution in [2.75, 3.05) is 13.4 Å². The molecule has 42 heavy (non-hydrogen) atoms. The number of fused-ring (bicyclic) bond motifs is 3. The van der Waals surface area contributed by atoms with Crippen molar-refractivity contribution in [3.8, 4) is 17.1 Å². The van der Waals surface area contributed by atoms with E-state index >= 15 is 4.39 Å². The third kappa shape index (κ3) is 4.57. The summed E-state index contributed by atoms with van der Waals surface area (Å²) < 4.78 is 103. The van der Waals surface area contributed by atoms with Crippen LogP contribution in [0.1, 0.15) is 47.2 Å². The van der Waals surface area contributed by atoms with Gasteiger partial charge in [0.1, 0.15) is 16.2 Å². The Hall–Kier alpha value is -4.07. The van der Waals surface area contributed by atoms with Crippen LogP contribution in [0.5, 0.6) is 5.88 Å². The first-order valence-corrected chi connectivity index (χ1v) is 15.0. The van der Waals surface area contributed by atoms with Gasteiger partial charge < -0.3 is 9.30 Å². The maximum atomic E-state index is 15.7. The van der Waals surface area contributed by atoms with E-state index in [4.69, 9.17) is 8.85 Å². The summed E-state index contributed by atoms with van der Waals surface area (Å²) in [7, 11) is -1.12. The molecule has 0 aliphatic heterocycles. The third-order valence-corrected chi connectivity index (χ3v) is 8.93. The summed E-state index contributed by atoms with van der Waals surface area (Å²) in [5.74, 6) is -4.18. The number of alkyl halides is 2. The molecule has 0 amide bonds. The molecule has 1 aliphatic carbocycles. The van der Waals surface area contributed by atoms with Gasteiger partial charge in [-0.15, -0.1) is 5.10 Å². The van der Waals surface area contributed by atoms with Gasteiger partial charge in [-0.3, -0.25) is 9.97 Å². The second-order valence-corrected chi connectivity index (χ2v) is 12.5. The van der Waals surface area contributed by atoms with E-state index in [2.05, 4.69) is 25.3 Å². The molecule has 5 aromatic heterocycles. The van der Waals surface area contributed by atoms with Crippen LogP contribution in [0.15, 0.2) is 41.7 Å². The number of halogens is 3. The fourth-order valence-corrected chi connectivity index (χ4v) is 6.74. The highest BCUT2D eigenvalue weighted by molar-refractivity contribution is 7.91. The molecule has 0 aromatic carbocycles. The largest absolute Gasteiger partial charge is 0.480 e. The lowest BCUT2D eigenvalue weighted by molar-refractivity contribution is -0.0495. The van der Waals surface area contributed by atoms with Crippen molar-refractivity contribution in [2.45, 2.75) is 49.4 Å². The molecule has 14 heteroatoms. The molecule has 0 radical (unpaired) electrons. The van der Waals surface area contributed by atoms with Gasteiger partial charge in [-0.25, -0.2) is 31.3 Å². The minimum atomic E-state index is -3.99. The average molecular weight is 603 g/mol. The molecule has 10 nitrogen and oxygen atoms in total. The number of hydrogen-bond acceptors (Lipinski definition) is 8. The van der Waals surface area contributed by atoms with Gasteiger partial charge in [-0.2, -0.15) is 0 Å². The van der Waals surface area contributed by atoms with Gasteiger partial charge in [0, 0.05) is 48.2 Å². The van der Waals surface area contributed by atoms with Crippen LogP contribution in [0.4, 0.5) is 13.2 Å². The summed E-state index contributed by atoms with van der Waals surface area (Å²) in [5, 5.41) is 7.93. The van der Waals surface area contributed by atoms with Gasteiger partial charge in [-0.1, -0.05) is 5.21 Å². The Morgan fingerprint density at radius 1 is 1.19 bits per heavy atom. The van der Waals surface area contributed by atoms with Gasteiger partial charge in [0.15, 0.2) is 9.84 Å². The molecule has 220 valence electrons. The Bertz CT molecular complexity index is 2060. The zero-order valence-corrected chi connectivity index (χ0v) is 23.7. The number of methoxy groups -OCH3 is 1. The van der Waals surface area contributed by atoms with Crippen LogP contribution in [0.3, 0.4) is 0 Å². The van der Waals surface area contributed by atoms with Crippen molar-refractivity contribution in [1.82, 2.24) is 34.5 Å². The van der Waals surface area contributed by atoms with Gasteiger partial charge in [0.25, 0.3) is 0 Å². The Morgan fingerprint density at radius 3 is 2.62 bits per heavy atom. The van der Waals surface area contributed by atoms with Crippen LogP contribution in [0.2, 0.25) is 0 Å². The number of sulfone groups is 1. The zero-order valence-electron chi connectivity index (χ0n) is 25.8. The Labute approximate surface area is 243 Å². The Balaban J connectivity index is 1.78. The molecule has 1 fully saturated rings. The number of aryl methyl sites for hydroxylation is 2. The molecule has 5 aromatic rings.